The molecule has 0 unspecified atom stereocenters. The van der Waals surface area contributed by atoms with Crippen LogP contribution in [0.2, 0.25) is 0 Å². The van der Waals surface area contributed by atoms with Crippen LogP contribution in [-0.2, 0) is 5.75 Å². The zero-order chi connectivity index (χ0) is 19.7. The summed E-state index contributed by atoms with van der Waals surface area (Å²) in [6.45, 7) is 6.03. The van der Waals surface area contributed by atoms with Gasteiger partial charge in [0.05, 0.1) is 5.75 Å². The van der Waals surface area contributed by atoms with Crippen LogP contribution in [0.1, 0.15) is 33.1 Å². The lowest BCUT2D eigenvalue weighted by molar-refractivity contribution is 0.102. The summed E-state index contributed by atoms with van der Waals surface area (Å²) in [5.74, 6) is 0.554. The van der Waals surface area contributed by atoms with Crippen molar-refractivity contribution in [3.8, 4) is 0 Å². The van der Waals surface area contributed by atoms with Gasteiger partial charge in [0, 0.05) is 5.69 Å². The number of anilines is 1. The van der Waals surface area contributed by atoms with Crippen molar-refractivity contribution in [1.82, 2.24) is 9.97 Å². The monoisotopic (exact) mass is 393 g/mol. The van der Waals surface area contributed by atoms with Gasteiger partial charge in [0.2, 0.25) is 5.89 Å². The predicted octanol–water partition coefficient (Wildman–Crippen LogP) is 5.29. The molecule has 0 saturated heterocycles. The predicted molar refractivity (Wildman–Crippen MR) is 109 cm³/mol. The standard InChI is InChI=1S/C21H19N3O3S/c1-12-7-8-15(9-14(12)3)22-20(25)16-10-26-18(23-16)11-28-21-24-19-13(2)5-4-6-17(19)27-21/h4-10H,11H2,1-3H3,(H,22,25). The van der Waals surface area contributed by atoms with Gasteiger partial charge in [0.1, 0.15) is 11.8 Å². The number of carbonyl (C=O) groups excluding carboxylic acids is 1. The smallest absolute Gasteiger partial charge is 0.277 e. The van der Waals surface area contributed by atoms with E-state index in [1.807, 2.05) is 57.2 Å². The maximum absolute atomic E-state index is 12.4. The van der Waals surface area contributed by atoms with Gasteiger partial charge in [0.15, 0.2) is 11.3 Å². The van der Waals surface area contributed by atoms with E-state index >= 15 is 0 Å². The van der Waals surface area contributed by atoms with Gasteiger partial charge in [-0.25, -0.2) is 9.97 Å². The van der Waals surface area contributed by atoms with E-state index in [2.05, 4.69) is 15.3 Å². The van der Waals surface area contributed by atoms with Crippen molar-refractivity contribution >= 4 is 34.5 Å². The van der Waals surface area contributed by atoms with Crippen LogP contribution < -0.4 is 5.32 Å². The summed E-state index contributed by atoms with van der Waals surface area (Å²) >= 11 is 1.37. The topological polar surface area (TPSA) is 81.2 Å². The molecule has 0 radical (unpaired) electrons. The van der Waals surface area contributed by atoms with E-state index in [1.165, 1.54) is 23.6 Å². The number of nitrogens with one attached hydrogen (secondary N) is 1. The Balaban J connectivity index is 1.41. The van der Waals surface area contributed by atoms with Gasteiger partial charge in [-0.15, -0.1) is 0 Å². The van der Waals surface area contributed by atoms with Gasteiger partial charge in [-0.05, 0) is 55.7 Å². The van der Waals surface area contributed by atoms with Crippen LogP contribution >= 0.6 is 11.8 Å². The summed E-state index contributed by atoms with van der Waals surface area (Å²) in [7, 11) is 0. The first kappa shape index (κ1) is 18.3. The number of aryl methyl sites for hydroxylation is 3. The van der Waals surface area contributed by atoms with Crippen molar-refractivity contribution in [3.05, 3.63) is 70.9 Å². The highest BCUT2D eigenvalue weighted by molar-refractivity contribution is 7.98. The quantitative estimate of drug-likeness (QED) is 0.464. The Morgan fingerprint density at radius 1 is 1.07 bits per heavy atom. The molecule has 7 heteroatoms. The highest BCUT2D eigenvalue weighted by atomic mass is 32.2. The lowest BCUT2D eigenvalue weighted by atomic mass is 10.1. The van der Waals surface area contributed by atoms with Crippen LogP contribution in [0.5, 0.6) is 0 Å². The first-order valence-electron chi connectivity index (χ1n) is 8.81. The van der Waals surface area contributed by atoms with Crippen LogP contribution in [0, 0.1) is 20.8 Å². The van der Waals surface area contributed by atoms with Gasteiger partial charge >= 0.3 is 0 Å². The molecule has 2 aromatic carbocycles. The Kier molecular flexibility index (Phi) is 4.92. The zero-order valence-corrected chi connectivity index (χ0v) is 16.6. The van der Waals surface area contributed by atoms with E-state index in [0.717, 1.165) is 27.9 Å². The third-order valence-electron chi connectivity index (χ3n) is 4.47. The molecule has 0 bridgehead atoms. The Labute approximate surface area is 166 Å². The molecule has 0 aliphatic carbocycles. The summed E-state index contributed by atoms with van der Waals surface area (Å²) in [5, 5.41) is 3.38. The van der Waals surface area contributed by atoms with Gasteiger partial charge in [-0.3, -0.25) is 4.79 Å². The lowest BCUT2D eigenvalue weighted by Gasteiger charge is -2.05. The minimum absolute atomic E-state index is 0.238. The first-order valence-corrected chi connectivity index (χ1v) is 9.80. The second-order valence-electron chi connectivity index (χ2n) is 6.57. The fourth-order valence-corrected chi connectivity index (χ4v) is 3.43. The third kappa shape index (κ3) is 3.80. The molecule has 2 aromatic heterocycles. The molecule has 0 fully saturated rings. The second-order valence-corrected chi connectivity index (χ2v) is 7.50. The molecular weight excluding hydrogens is 374 g/mol. The van der Waals surface area contributed by atoms with Crippen molar-refractivity contribution in [2.75, 3.05) is 5.32 Å². The maximum atomic E-state index is 12.4. The van der Waals surface area contributed by atoms with Crippen molar-refractivity contribution in [2.24, 2.45) is 0 Å². The Hall–Kier alpha value is -3.06. The molecule has 1 amide bonds. The number of rotatable bonds is 5. The van der Waals surface area contributed by atoms with E-state index in [-0.39, 0.29) is 11.6 Å². The van der Waals surface area contributed by atoms with Crippen LogP contribution in [0.15, 0.2) is 56.7 Å². The van der Waals surface area contributed by atoms with E-state index in [0.29, 0.717) is 16.9 Å². The molecular formula is C21H19N3O3S. The molecule has 2 heterocycles. The van der Waals surface area contributed by atoms with Crippen LogP contribution in [-0.4, -0.2) is 15.9 Å². The summed E-state index contributed by atoms with van der Waals surface area (Å²) in [6, 6.07) is 11.6. The average molecular weight is 393 g/mol. The second kappa shape index (κ2) is 7.52. The Bertz CT molecular complexity index is 1160. The number of thioether (sulfide) groups is 1. The summed E-state index contributed by atoms with van der Waals surface area (Å²) in [5.41, 5.74) is 5.93. The molecule has 0 atom stereocenters. The Morgan fingerprint density at radius 2 is 1.93 bits per heavy atom. The summed E-state index contributed by atoms with van der Waals surface area (Å²) in [4.78, 5) is 21.1. The maximum Gasteiger partial charge on any atom is 0.277 e. The minimum atomic E-state index is -0.305. The fraction of sp³-hybridized carbons (Fsp3) is 0.190. The zero-order valence-electron chi connectivity index (χ0n) is 15.8. The van der Waals surface area contributed by atoms with E-state index in [4.69, 9.17) is 8.83 Å². The van der Waals surface area contributed by atoms with Crippen molar-refractivity contribution in [2.45, 2.75) is 31.7 Å². The van der Waals surface area contributed by atoms with E-state index in [1.54, 1.807) is 0 Å². The minimum Gasteiger partial charge on any atom is -0.447 e. The van der Waals surface area contributed by atoms with Gasteiger partial charge in [-0.1, -0.05) is 30.0 Å². The first-order chi connectivity index (χ1) is 13.5. The molecule has 1 N–H and O–H groups in total. The Morgan fingerprint density at radius 3 is 2.71 bits per heavy atom. The third-order valence-corrected chi connectivity index (χ3v) is 5.28. The normalized spacial score (nSPS) is 11.1. The SMILES string of the molecule is Cc1ccc(NC(=O)c2coc(CSc3nc4c(C)cccc4o3)n2)cc1C. The van der Waals surface area contributed by atoms with Crippen LogP contribution in [0.4, 0.5) is 5.69 Å². The van der Waals surface area contributed by atoms with Gasteiger partial charge < -0.3 is 14.2 Å². The fourth-order valence-electron chi connectivity index (χ4n) is 2.75. The highest BCUT2D eigenvalue weighted by Gasteiger charge is 2.15. The number of para-hydroxylation sites is 1. The number of fused-ring (bicyclic) bond motifs is 1. The summed E-state index contributed by atoms with van der Waals surface area (Å²) < 4.78 is 11.2. The van der Waals surface area contributed by atoms with Crippen molar-refractivity contribution in [1.29, 1.82) is 0 Å². The van der Waals surface area contributed by atoms with Crippen molar-refractivity contribution < 1.29 is 13.6 Å². The number of benzene rings is 2. The van der Waals surface area contributed by atoms with E-state index in [9.17, 15) is 4.79 Å². The number of carbonyl (C=O) groups is 1. The van der Waals surface area contributed by atoms with Crippen molar-refractivity contribution in [3.63, 3.8) is 0 Å². The number of aromatic nitrogens is 2. The number of nitrogens with zero attached hydrogens (tertiary/aromatic N) is 2. The largest absolute Gasteiger partial charge is 0.447 e. The number of amides is 1. The molecule has 0 spiro atoms. The van der Waals surface area contributed by atoms with Crippen LogP contribution in [0.3, 0.4) is 0 Å². The average Bonchev–Trinajstić information content (AvgIpc) is 3.30. The lowest BCUT2D eigenvalue weighted by Crippen LogP contribution is -2.12. The van der Waals surface area contributed by atoms with E-state index < -0.39 is 0 Å². The summed E-state index contributed by atoms with van der Waals surface area (Å²) in [6.07, 6.45) is 1.36. The van der Waals surface area contributed by atoms with Gasteiger partial charge in [-0.2, -0.15) is 0 Å². The molecule has 4 aromatic rings. The number of hydrogen-bond donors (Lipinski definition) is 1. The molecule has 142 valence electrons. The molecule has 0 aliphatic heterocycles. The molecule has 6 nitrogen and oxygen atoms in total. The van der Waals surface area contributed by atoms with Gasteiger partial charge in [0.25, 0.3) is 11.1 Å². The highest BCUT2D eigenvalue weighted by Crippen LogP contribution is 2.27. The molecule has 0 saturated carbocycles. The number of oxazole rings is 2. The van der Waals surface area contributed by atoms with Crippen LogP contribution in [0.25, 0.3) is 11.1 Å². The molecule has 4 rings (SSSR count). The molecule has 0 aliphatic rings. The molecule has 28 heavy (non-hydrogen) atoms. The number of hydrogen-bond acceptors (Lipinski definition) is 6.